The fraction of sp³-hybridized carbons (Fsp3) is 0.643. The van der Waals surface area contributed by atoms with E-state index in [4.69, 9.17) is 0 Å². The van der Waals surface area contributed by atoms with Gasteiger partial charge in [-0.15, -0.1) is 0 Å². The largest absolute Gasteiger partial charge is 0.389 e. The molecule has 1 aliphatic carbocycles. The molecule has 2 rings (SSSR count). The lowest BCUT2D eigenvalue weighted by Crippen LogP contribution is -2.33. The second kappa shape index (κ2) is 4.54. The molecule has 0 bridgehead atoms. The number of aliphatic hydroxyl groups is 1. The summed E-state index contributed by atoms with van der Waals surface area (Å²) in [5.74, 6) is 0.505. The summed E-state index contributed by atoms with van der Waals surface area (Å²) >= 11 is 0. The summed E-state index contributed by atoms with van der Waals surface area (Å²) in [6, 6.07) is 4.17. The standard InChI is InChI=1S/C14H21NO/c1-3-11-5-8-13(15-10-11)9-14(16,4-2)12-6-7-12/h5,8,10,12,16H,3-4,6-7,9H2,1-2H3. The van der Waals surface area contributed by atoms with Crippen molar-refractivity contribution in [1.29, 1.82) is 0 Å². The van der Waals surface area contributed by atoms with Crippen molar-refractivity contribution in [2.24, 2.45) is 5.92 Å². The highest BCUT2D eigenvalue weighted by Gasteiger charge is 2.42. The summed E-state index contributed by atoms with van der Waals surface area (Å²) in [7, 11) is 0. The van der Waals surface area contributed by atoms with Crippen LogP contribution in [0.5, 0.6) is 0 Å². The number of aromatic nitrogens is 1. The summed E-state index contributed by atoms with van der Waals surface area (Å²) in [5.41, 5.74) is 1.77. The lowest BCUT2D eigenvalue weighted by molar-refractivity contribution is 0.0130. The average Bonchev–Trinajstić information content (AvgIpc) is 3.14. The summed E-state index contributed by atoms with van der Waals surface area (Å²) < 4.78 is 0. The second-order valence-electron chi connectivity index (χ2n) is 4.92. The fourth-order valence-electron chi connectivity index (χ4n) is 2.26. The molecule has 1 aromatic rings. The van der Waals surface area contributed by atoms with Crippen LogP contribution in [0.1, 0.15) is 44.4 Å². The first-order valence-corrected chi connectivity index (χ1v) is 6.34. The van der Waals surface area contributed by atoms with Crippen molar-refractivity contribution in [3.05, 3.63) is 29.6 Å². The topological polar surface area (TPSA) is 33.1 Å². The average molecular weight is 219 g/mol. The Labute approximate surface area is 97.7 Å². The van der Waals surface area contributed by atoms with Crippen LogP contribution in [-0.4, -0.2) is 15.7 Å². The molecule has 1 unspecified atom stereocenters. The Hall–Kier alpha value is -0.890. The highest BCUT2D eigenvalue weighted by atomic mass is 16.3. The number of hydrogen-bond donors (Lipinski definition) is 1. The maximum absolute atomic E-state index is 10.5. The molecule has 0 radical (unpaired) electrons. The molecule has 0 spiro atoms. The fourth-order valence-corrected chi connectivity index (χ4v) is 2.26. The molecule has 1 aliphatic rings. The van der Waals surface area contributed by atoms with Crippen molar-refractivity contribution >= 4 is 0 Å². The van der Waals surface area contributed by atoms with Gasteiger partial charge < -0.3 is 5.11 Å². The van der Waals surface area contributed by atoms with Gasteiger partial charge in [-0.2, -0.15) is 0 Å². The Balaban J connectivity index is 2.06. The summed E-state index contributed by atoms with van der Waals surface area (Å²) in [6.45, 7) is 4.20. The van der Waals surface area contributed by atoms with Gasteiger partial charge in [0.2, 0.25) is 0 Å². The van der Waals surface area contributed by atoms with E-state index >= 15 is 0 Å². The summed E-state index contributed by atoms with van der Waals surface area (Å²) in [5, 5.41) is 10.5. The first kappa shape index (κ1) is 11.6. The second-order valence-corrected chi connectivity index (χ2v) is 4.92. The van der Waals surface area contributed by atoms with Crippen molar-refractivity contribution in [1.82, 2.24) is 4.98 Å². The van der Waals surface area contributed by atoms with Gasteiger partial charge in [0.1, 0.15) is 0 Å². The maximum atomic E-state index is 10.5. The molecule has 16 heavy (non-hydrogen) atoms. The van der Waals surface area contributed by atoms with Gasteiger partial charge in [0, 0.05) is 18.3 Å². The smallest absolute Gasteiger partial charge is 0.0728 e. The molecule has 1 aromatic heterocycles. The van der Waals surface area contributed by atoms with Crippen LogP contribution in [0.25, 0.3) is 0 Å². The predicted molar refractivity (Wildman–Crippen MR) is 65.3 cm³/mol. The normalized spacial score (nSPS) is 19.4. The van der Waals surface area contributed by atoms with Crippen LogP contribution in [0.4, 0.5) is 0 Å². The predicted octanol–water partition coefficient (Wildman–Crippen LogP) is 2.74. The van der Waals surface area contributed by atoms with E-state index in [1.807, 2.05) is 6.20 Å². The summed E-state index contributed by atoms with van der Waals surface area (Å²) in [4.78, 5) is 4.43. The number of nitrogens with zero attached hydrogens (tertiary/aromatic N) is 1. The van der Waals surface area contributed by atoms with E-state index < -0.39 is 5.60 Å². The van der Waals surface area contributed by atoms with Gasteiger partial charge in [-0.05, 0) is 43.2 Å². The van der Waals surface area contributed by atoms with Crippen molar-refractivity contribution < 1.29 is 5.11 Å². The zero-order chi connectivity index (χ0) is 11.6. The summed E-state index contributed by atoms with van der Waals surface area (Å²) in [6.07, 6.45) is 6.84. The van der Waals surface area contributed by atoms with Gasteiger partial charge in [0.05, 0.1) is 5.60 Å². The molecule has 0 amide bonds. The van der Waals surface area contributed by atoms with Crippen LogP contribution in [0.3, 0.4) is 0 Å². The zero-order valence-electron chi connectivity index (χ0n) is 10.2. The third-order valence-corrected chi connectivity index (χ3v) is 3.73. The van der Waals surface area contributed by atoms with Gasteiger partial charge in [-0.3, -0.25) is 4.98 Å². The number of rotatable bonds is 5. The minimum absolute atomic E-state index is 0.505. The quantitative estimate of drug-likeness (QED) is 0.826. The van der Waals surface area contributed by atoms with Crippen molar-refractivity contribution in [3.8, 4) is 0 Å². The maximum Gasteiger partial charge on any atom is 0.0728 e. The molecule has 0 aliphatic heterocycles. The first-order valence-electron chi connectivity index (χ1n) is 6.34. The van der Waals surface area contributed by atoms with E-state index in [9.17, 15) is 5.11 Å². The number of pyridine rings is 1. The molecule has 1 atom stereocenters. The van der Waals surface area contributed by atoms with E-state index in [0.29, 0.717) is 12.3 Å². The Morgan fingerprint density at radius 2 is 2.12 bits per heavy atom. The molecule has 1 fully saturated rings. The van der Waals surface area contributed by atoms with E-state index in [-0.39, 0.29) is 0 Å². The lowest BCUT2D eigenvalue weighted by atomic mass is 9.89. The van der Waals surface area contributed by atoms with Gasteiger partial charge in [0.15, 0.2) is 0 Å². The van der Waals surface area contributed by atoms with E-state index in [1.165, 1.54) is 18.4 Å². The minimum atomic E-state index is -0.513. The van der Waals surface area contributed by atoms with Crippen LogP contribution in [-0.2, 0) is 12.8 Å². The van der Waals surface area contributed by atoms with Crippen LogP contribution in [0.2, 0.25) is 0 Å². The highest BCUT2D eigenvalue weighted by Crippen LogP contribution is 2.43. The van der Waals surface area contributed by atoms with Gasteiger partial charge in [0.25, 0.3) is 0 Å². The Kier molecular flexibility index (Phi) is 3.29. The van der Waals surface area contributed by atoms with Crippen LogP contribution < -0.4 is 0 Å². The molecule has 2 nitrogen and oxygen atoms in total. The van der Waals surface area contributed by atoms with Gasteiger partial charge >= 0.3 is 0 Å². The Morgan fingerprint density at radius 1 is 1.38 bits per heavy atom. The monoisotopic (exact) mass is 219 g/mol. The third-order valence-electron chi connectivity index (χ3n) is 3.73. The molecular formula is C14H21NO. The van der Waals surface area contributed by atoms with Crippen LogP contribution in [0.15, 0.2) is 18.3 Å². The van der Waals surface area contributed by atoms with Crippen LogP contribution >= 0.6 is 0 Å². The van der Waals surface area contributed by atoms with E-state index in [2.05, 4.69) is 31.0 Å². The molecule has 1 heterocycles. The molecule has 2 heteroatoms. The molecule has 1 saturated carbocycles. The Morgan fingerprint density at radius 3 is 2.56 bits per heavy atom. The molecular weight excluding hydrogens is 198 g/mol. The molecule has 88 valence electrons. The van der Waals surface area contributed by atoms with Crippen molar-refractivity contribution in [2.75, 3.05) is 0 Å². The SMILES string of the molecule is CCc1ccc(CC(O)(CC)C2CC2)nc1. The first-order chi connectivity index (χ1) is 7.68. The third kappa shape index (κ3) is 2.43. The van der Waals surface area contributed by atoms with Gasteiger partial charge in [-0.1, -0.05) is 19.9 Å². The minimum Gasteiger partial charge on any atom is -0.389 e. The van der Waals surface area contributed by atoms with Crippen molar-refractivity contribution in [3.63, 3.8) is 0 Å². The Bertz CT molecular complexity index is 342. The van der Waals surface area contributed by atoms with Crippen LogP contribution in [0, 0.1) is 5.92 Å². The van der Waals surface area contributed by atoms with Crippen molar-refractivity contribution in [2.45, 2.75) is 51.6 Å². The molecule has 0 aromatic carbocycles. The number of aryl methyl sites for hydroxylation is 1. The van der Waals surface area contributed by atoms with E-state index in [1.54, 1.807) is 0 Å². The number of hydrogen-bond acceptors (Lipinski definition) is 2. The zero-order valence-corrected chi connectivity index (χ0v) is 10.2. The highest BCUT2D eigenvalue weighted by molar-refractivity contribution is 5.16. The van der Waals surface area contributed by atoms with E-state index in [0.717, 1.165) is 18.5 Å². The molecule has 1 N–H and O–H groups in total. The lowest BCUT2D eigenvalue weighted by Gasteiger charge is -2.26. The molecule has 0 saturated heterocycles. The van der Waals surface area contributed by atoms with Gasteiger partial charge in [-0.25, -0.2) is 0 Å².